The zero-order chi connectivity index (χ0) is 18.7. The molecule has 1 aliphatic rings. The third kappa shape index (κ3) is 4.33. The number of amides is 2. The molecule has 0 unspecified atom stereocenters. The lowest BCUT2D eigenvalue weighted by atomic mass is 10.1. The SMILES string of the molecule is O=C(Nc1cccc(OC(F)(F)F)c1)c1ccc(N2CCCC2=O)cc1. The Morgan fingerprint density at radius 3 is 2.46 bits per heavy atom. The van der Waals surface area contributed by atoms with Gasteiger partial charge in [0.1, 0.15) is 5.75 Å². The number of nitrogens with one attached hydrogen (secondary N) is 1. The minimum Gasteiger partial charge on any atom is -0.406 e. The molecule has 0 aromatic heterocycles. The molecular weight excluding hydrogens is 349 g/mol. The van der Waals surface area contributed by atoms with Gasteiger partial charge in [-0.05, 0) is 42.8 Å². The first-order chi connectivity index (χ1) is 12.3. The number of carbonyl (C=O) groups is 2. The molecule has 2 aromatic carbocycles. The standard InChI is InChI=1S/C18H15F3N2O3/c19-18(20,21)26-15-4-1-3-13(11-15)22-17(25)12-6-8-14(9-7-12)23-10-2-5-16(23)24/h1,3-4,6-9,11H,2,5,10H2,(H,22,25). The molecular formula is C18H15F3N2O3. The molecule has 0 radical (unpaired) electrons. The number of rotatable bonds is 4. The Balaban J connectivity index is 1.68. The summed E-state index contributed by atoms with van der Waals surface area (Å²) in [6, 6.07) is 11.5. The van der Waals surface area contributed by atoms with E-state index in [1.165, 1.54) is 12.1 Å². The smallest absolute Gasteiger partial charge is 0.406 e. The summed E-state index contributed by atoms with van der Waals surface area (Å²) < 4.78 is 40.6. The van der Waals surface area contributed by atoms with Crippen LogP contribution in [0.4, 0.5) is 24.5 Å². The van der Waals surface area contributed by atoms with Crippen LogP contribution in [0, 0.1) is 0 Å². The molecule has 26 heavy (non-hydrogen) atoms. The van der Waals surface area contributed by atoms with Gasteiger partial charge in [-0.2, -0.15) is 0 Å². The van der Waals surface area contributed by atoms with Gasteiger partial charge >= 0.3 is 6.36 Å². The normalized spacial score (nSPS) is 14.4. The maximum Gasteiger partial charge on any atom is 0.573 e. The van der Waals surface area contributed by atoms with Gasteiger partial charge in [-0.1, -0.05) is 6.07 Å². The average Bonchev–Trinajstić information content (AvgIpc) is 3.00. The minimum atomic E-state index is -4.80. The largest absolute Gasteiger partial charge is 0.573 e. The van der Waals surface area contributed by atoms with Gasteiger partial charge in [0.25, 0.3) is 5.91 Å². The first-order valence-corrected chi connectivity index (χ1v) is 7.89. The Kier molecular flexibility index (Phi) is 4.83. The maximum atomic E-state index is 12.3. The van der Waals surface area contributed by atoms with E-state index in [1.807, 2.05) is 0 Å². The van der Waals surface area contributed by atoms with Gasteiger partial charge in [-0.15, -0.1) is 13.2 Å². The van der Waals surface area contributed by atoms with Crippen molar-refractivity contribution in [3.63, 3.8) is 0 Å². The van der Waals surface area contributed by atoms with Gasteiger partial charge in [0.15, 0.2) is 0 Å². The van der Waals surface area contributed by atoms with Crippen molar-refractivity contribution in [2.24, 2.45) is 0 Å². The molecule has 136 valence electrons. The van der Waals surface area contributed by atoms with E-state index >= 15 is 0 Å². The summed E-state index contributed by atoms with van der Waals surface area (Å²) in [6.45, 7) is 0.649. The molecule has 3 rings (SSSR count). The summed E-state index contributed by atoms with van der Waals surface area (Å²) in [6.07, 6.45) is -3.48. The molecule has 1 N–H and O–H groups in total. The lowest BCUT2D eigenvalue weighted by Crippen LogP contribution is -2.23. The van der Waals surface area contributed by atoms with Crippen molar-refractivity contribution in [2.75, 3.05) is 16.8 Å². The van der Waals surface area contributed by atoms with Crippen molar-refractivity contribution in [1.29, 1.82) is 0 Å². The molecule has 0 spiro atoms. The number of anilines is 2. The van der Waals surface area contributed by atoms with Crippen LogP contribution >= 0.6 is 0 Å². The maximum absolute atomic E-state index is 12.3. The van der Waals surface area contributed by atoms with Crippen LogP contribution in [0.15, 0.2) is 48.5 Å². The molecule has 1 saturated heterocycles. The predicted molar refractivity (Wildman–Crippen MR) is 89.1 cm³/mol. The number of hydrogen-bond donors (Lipinski definition) is 1. The van der Waals surface area contributed by atoms with Crippen LogP contribution in [0.2, 0.25) is 0 Å². The second-order valence-corrected chi connectivity index (χ2v) is 5.73. The van der Waals surface area contributed by atoms with Gasteiger partial charge in [0.05, 0.1) is 0 Å². The minimum absolute atomic E-state index is 0.0451. The van der Waals surface area contributed by atoms with Crippen LogP contribution in [0.5, 0.6) is 5.75 Å². The quantitative estimate of drug-likeness (QED) is 0.893. The number of alkyl halides is 3. The second kappa shape index (κ2) is 7.07. The number of halogens is 3. The molecule has 0 saturated carbocycles. The van der Waals surface area contributed by atoms with Gasteiger partial charge in [-0.25, -0.2) is 0 Å². The molecule has 0 bridgehead atoms. The fourth-order valence-electron chi connectivity index (χ4n) is 2.69. The van der Waals surface area contributed by atoms with E-state index in [0.29, 0.717) is 24.2 Å². The number of nitrogens with zero attached hydrogens (tertiary/aromatic N) is 1. The molecule has 0 aliphatic carbocycles. The van der Waals surface area contributed by atoms with Crippen molar-refractivity contribution in [1.82, 2.24) is 0 Å². The third-order valence-corrected chi connectivity index (χ3v) is 3.84. The fourth-order valence-corrected chi connectivity index (χ4v) is 2.69. The molecule has 2 amide bonds. The zero-order valence-electron chi connectivity index (χ0n) is 13.5. The van der Waals surface area contributed by atoms with E-state index in [-0.39, 0.29) is 11.6 Å². The van der Waals surface area contributed by atoms with Crippen molar-refractivity contribution in [2.45, 2.75) is 19.2 Å². The van der Waals surface area contributed by atoms with E-state index in [9.17, 15) is 22.8 Å². The molecule has 5 nitrogen and oxygen atoms in total. The Morgan fingerprint density at radius 1 is 1.12 bits per heavy atom. The van der Waals surface area contributed by atoms with Crippen LogP contribution in [0.1, 0.15) is 23.2 Å². The van der Waals surface area contributed by atoms with Gasteiger partial charge in [0.2, 0.25) is 5.91 Å². The fraction of sp³-hybridized carbons (Fsp3) is 0.222. The summed E-state index contributed by atoms with van der Waals surface area (Å²) in [5, 5.41) is 2.52. The predicted octanol–water partition coefficient (Wildman–Crippen LogP) is 3.96. The van der Waals surface area contributed by atoms with Gasteiger partial charge in [0, 0.05) is 36.0 Å². The number of ether oxygens (including phenoxy) is 1. The van der Waals surface area contributed by atoms with Crippen LogP contribution < -0.4 is 15.0 Å². The Hall–Kier alpha value is -3.03. The highest BCUT2D eigenvalue weighted by molar-refractivity contribution is 6.05. The molecule has 8 heteroatoms. The van der Waals surface area contributed by atoms with E-state index in [1.54, 1.807) is 29.2 Å². The summed E-state index contributed by atoms with van der Waals surface area (Å²) in [7, 11) is 0. The lowest BCUT2D eigenvalue weighted by Gasteiger charge is -2.16. The monoisotopic (exact) mass is 364 g/mol. The van der Waals surface area contributed by atoms with Crippen molar-refractivity contribution < 1.29 is 27.5 Å². The third-order valence-electron chi connectivity index (χ3n) is 3.84. The van der Waals surface area contributed by atoms with Crippen LogP contribution in [0.25, 0.3) is 0 Å². The van der Waals surface area contributed by atoms with E-state index in [2.05, 4.69) is 10.1 Å². The van der Waals surface area contributed by atoms with Crippen molar-refractivity contribution in [3.8, 4) is 5.75 Å². The first-order valence-electron chi connectivity index (χ1n) is 7.89. The summed E-state index contributed by atoms with van der Waals surface area (Å²) in [4.78, 5) is 25.6. The highest BCUT2D eigenvalue weighted by atomic mass is 19.4. The lowest BCUT2D eigenvalue weighted by molar-refractivity contribution is -0.274. The summed E-state index contributed by atoms with van der Waals surface area (Å²) in [5.74, 6) is -0.852. The average molecular weight is 364 g/mol. The summed E-state index contributed by atoms with van der Waals surface area (Å²) in [5.41, 5.74) is 1.21. The highest BCUT2D eigenvalue weighted by Crippen LogP contribution is 2.26. The Labute approximate surface area is 147 Å². The van der Waals surface area contributed by atoms with Crippen LogP contribution in [0.3, 0.4) is 0 Å². The molecule has 2 aromatic rings. The van der Waals surface area contributed by atoms with E-state index < -0.39 is 18.0 Å². The topological polar surface area (TPSA) is 58.6 Å². The second-order valence-electron chi connectivity index (χ2n) is 5.73. The molecule has 1 heterocycles. The molecule has 1 aliphatic heterocycles. The van der Waals surface area contributed by atoms with Gasteiger partial charge < -0.3 is 15.0 Å². The Bertz CT molecular complexity index is 819. The number of benzene rings is 2. The number of carbonyl (C=O) groups excluding carboxylic acids is 2. The highest BCUT2D eigenvalue weighted by Gasteiger charge is 2.31. The first kappa shape index (κ1) is 17.8. The Morgan fingerprint density at radius 2 is 1.85 bits per heavy atom. The van der Waals surface area contributed by atoms with Gasteiger partial charge in [-0.3, -0.25) is 9.59 Å². The summed E-state index contributed by atoms with van der Waals surface area (Å²) >= 11 is 0. The molecule has 0 atom stereocenters. The van der Waals surface area contributed by atoms with Crippen LogP contribution in [-0.2, 0) is 4.79 Å². The van der Waals surface area contributed by atoms with Crippen LogP contribution in [-0.4, -0.2) is 24.7 Å². The van der Waals surface area contributed by atoms with E-state index in [0.717, 1.165) is 18.6 Å². The van der Waals surface area contributed by atoms with E-state index in [4.69, 9.17) is 0 Å². The molecule has 1 fully saturated rings. The van der Waals surface area contributed by atoms with Crippen molar-refractivity contribution >= 4 is 23.2 Å². The zero-order valence-corrected chi connectivity index (χ0v) is 13.5. The van der Waals surface area contributed by atoms with Crippen molar-refractivity contribution in [3.05, 3.63) is 54.1 Å². The number of hydrogen-bond acceptors (Lipinski definition) is 3.